The third kappa shape index (κ3) is 2.26. The second kappa shape index (κ2) is 4.66. The van der Waals surface area contributed by atoms with E-state index in [2.05, 4.69) is 18.2 Å². The molecule has 1 atom stereocenters. The second-order valence-corrected chi connectivity index (χ2v) is 3.47. The van der Waals surface area contributed by atoms with Gasteiger partial charge < -0.3 is 4.74 Å². The number of nitriles is 1. The Hall–Kier alpha value is -1.49. The van der Waals surface area contributed by atoms with Crippen LogP contribution in [0, 0.1) is 25.4 Å². The van der Waals surface area contributed by atoms with E-state index in [1.54, 1.807) is 6.26 Å². The van der Waals surface area contributed by atoms with Crippen LogP contribution in [0.15, 0.2) is 18.2 Å². The third-order valence-electron chi connectivity index (χ3n) is 2.35. The number of hydrogen-bond acceptors (Lipinski definition) is 2. The first-order chi connectivity index (χ1) is 6.69. The first-order valence-corrected chi connectivity index (χ1v) is 4.81. The van der Waals surface area contributed by atoms with Crippen molar-refractivity contribution < 1.29 is 4.74 Å². The lowest BCUT2D eigenvalue weighted by molar-refractivity contribution is 0.159. The average Bonchev–Trinajstić information content (AvgIpc) is 2.18. The molecule has 0 fully saturated rings. The summed E-state index contributed by atoms with van der Waals surface area (Å²) < 4.78 is 5.02. The van der Waals surface area contributed by atoms with Gasteiger partial charge in [-0.15, -0.1) is 0 Å². The molecule has 1 unspecified atom stereocenters. The summed E-state index contributed by atoms with van der Waals surface area (Å²) in [6.45, 7) is 6.10. The standard InChI is InChI=1S/C12H15NO/c1-4-12(14-8-13)11-7-9(2)5-6-10(11)3/h5-7,12H,4H2,1-3H3. The zero-order chi connectivity index (χ0) is 10.6. The average molecular weight is 189 g/mol. The Balaban J connectivity index is 3.03. The highest BCUT2D eigenvalue weighted by atomic mass is 16.5. The Labute approximate surface area is 85.1 Å². The number of aryl methyl sites for hydroxylation is 2. The lowest BCUT2D eigenvalue weighted by Crippen LogP contribution is -2.02. The molecule has 0 spiro atoms. The van der Waals surface area contributed by atoms with Crippen LogP contribution in [-0.2, 0) is 4.74 Å². The first kappa shape index (κ1) is 10.6. The van der Waals surface area contributed by atoms with Gasteiger partial charge in [0.1, 0.15) is 6.10 Å². The Morgan fingerprint density at radius 1 is 1.43 bits per heavy atom. The zero-order valence-electron chi connectivity index (χ0n) is 8.87. The Morgan fingerprint density at radius 3 is 2.71 bits per heavy atom. The van der Waals surface area contributed by atoms with Gasteiger partial charge in [0.05, 0.1) is 0 Å². The lowest BCUT2D eigenvalue weighted by Gasteiger charge is -2.15. The van der Waals surface area contributed by atoms with Crippen molar-refractivity contribution in [3.8, 4) is 6.26 Å². The van der Waals surface area contributed by atoms with Crippen molar-refractivity contribution in [2.24, 2.45) is 0 Å². The maximum absolute atomic E-state index is 8.52. The largest absolute Gasteiger partial charge is 0.419 e. The van der Waals surface area contributed by atoms with Gasteiger partial charge in [-0.1, -0.05) is 30.7 Å². The molecule has 2 heteroatoms. The van der Waals surface area contributed by atoms with Crippen molar-refractivity contribution in [3.63, 3.8) is 0 Å². The molecule has 0 amide bonds. The van der Waals surface area contributed by atoms with Crippen LogP contribution in [0.3, 0.4) is 0 Å². The molecule has 1 aromatic carbocycles. The van der Waals surface area contributed by atoms with E-state index in [0.29, 0.717) is 0 Å². The van der Waals surface area contributed by atoms with E-state index in [1.165, 1.54) is 11.1 Å². The van der Waals surface area contributed by atoms with E-state index in [1.807, 2.05) is 20.8 Å². The number of ether oxygens (including phenoxy) is 1. The van der Waals surface area contributed by atoms with Crippen molar-refractivity contribution in [1.82, 2.24) is 0 Å². The fraction of sp³-hybridized carbons (Fsp3) is 0.417. The van der Waals surface area contributed by atoms with Crippen LogP contribution >= 0.6 is 0 Å². The molecule has 0 aliphatic rings. The Kier molecular flexibility index (Phi) is 3.53. The van der Waals surface area contributed by atoms with E-state index in [0.717, 1.165) is 12.0 Å². The SMILES string of the molecule is CCC(OC#N)c1cc(C)ccc1C. The van der Waals surface area contributed by atoms with Crippen LogP contribution < -0.4 is 0 Å². The van der Waals surface area contributed by atoms with E-state index in [-0.39, 0.29) is 6.10 Å². The monoisotopic (exact) mass is 189 g/mol. The van der Waals surface area contributed by atoms with Crippen molar-refractivity contribution in [2.75, 3.05) is 0 Å². The van der Waals surface area contributed by atoms with Gasteiger partial charge in [0.25, 0.3) is 6.26 Å². The number of rotatable bonds is 3. The van der Waals surface area contributed by atoms with Gasteiger partial charge in [-0.05, 0) is 31.4 Å². The van der Waals surface area contributed by atoms with Gasteiger partial charge >= 0.3 is 0 Å². The van der Waals surface area contributed by atoms with Crippen LogP contribution in [0.5, 0.6) is 0 Å². The Morgan fingerprint density at radius 2 is 2.14 bits per heavy atom. The number of benzene rings is 1. The fourth-order valence-electron chi connectivity index (χ4n) is 1.54. The highest BCUT2D eigenvalue weighted by Crippen LogP contribution is 2.24. The summed E-state index contributed by atoms with van der Waals surface area (Å²) in [5.74, 6) is 0. The summed E-state index contributed by atoms with van der Waals surface area (Å²) in [4.78, 5) is 0. The van der Waals surface area contributed by atoms with Crippen LogP contribution in [0.2, 0.25) is 0 Å². The summed E-state index contributed by atoms with van der Waals surface area (Å²) in [5.41, 5.74) is 3.50. The van der Waals surface area contributed by atoms with Gasteiger partial charge in [-0.3, -0.25) is 0 Å². The lowest BCUT2D eigenvalue weighted by atomic mass is 9.99. The van der Waals surface area contributed by atoms with E-state index in [4.69, 9.17) is 10.00 Å². The molecule has 0 saturated carbocycles. The Bertz CT molecular complexity index is 352. The van der Waals surface area contributed by atoms with E-state index >= 15 is 0 Å². The zero-order valence-corrected chi connectivity index (χ0v) is 8.87. The van der Waals surface area contributed by atoms with Crippen LogP contribution in [0.1, 0.15) is 36.1 Å². The van der Waals surface area contributed by atoms with Gasteiger partial charge in [-0.2, -0.15) is 5.26 Å². The van der Waals surface area contributed by atoms with E-state index < -0.39 is 0 Å². The summed E-state index contributed by atoms with van der Waals surface area (Å²) >= 11 is 0. The maximum Gasteiger partial charge on any atom is 0.286 e. The molecule has 0 bridgehead atoms. The smallest absolute Gasteiger partial charge is 0.286 e. The molecule has 0 aliphatic carbocycles. The van der Waals surface area contributed by atoms with Gasteiger partial charge in [0, 0.05) is 0 Å². The summed E-state index contributed by atoms with van der Waals surface area (Å²) in [5, 5.41) is 8.52. The van der Waals surface area contributed by atoms with Crippen LogP contribution in [0.4, 0.5) is 0 Å². The molecular weight excluding hydrogens is 174 g/mol. The molecule has 2 nitrogen and oxygen atoms in total. The first-order valence-electron chi connectivity index (χ1n) is 4.81. The van der Waals surface area contributed by atoms with Crippen LogP contribution in [0.25, 0.3) is 0 Å². The molecule has 0 N–H and O–H groups in total. The second-order valence-electron chi connectivity index (χ2n) is 3.47. The van der Waals surface area contributed by atoms with Crippen molar-refractivity contribution >= 4 is 0 Å². The minimum absolute atomic E-state index is 0.0973. The third-order valence-corrected chi connectivity index (χ3v) is 2.35. The van der Waals surface area contributed by atoms with Crippen molar-refractivity contribution in [3.05, 3.63) is 34.9 Å². The molecule has 0 radical (unpaired) electrons. The molecular formula is C12H15NO. The highest BCUT2D eigenvalue weighted by molar-refractivity contribution is 5.32. The summed E-state index contributed by atoms with van der Waals surface area (Å²) in [7, 11) is 0. The molecule has 14 heavy (non-hydrogen) atoms. The topological polar surface area (TPSA) is 33.0 Å². The van der Waals surface area contributed by atoms with Gasteiger partial charge in [0.2, 0.25) is 0 Å². The molecule has 1 aromatic rings. The molecule has 0 aromatic heterocycles. The predicted octanol–water partition coefficient (Wildman–Crippen LogP) is 3.25. The van der Waals surface area contributed by atoms with Crippen molar-refractivity contribution in [2.45, 2.75) is 33.3 Å². The quantitative estimate of drug-likeness (QED) is 0.684. The molecule has 0 aliphatic heterocycles. The molecule has 74 valence electrons. The minimum Gasteiger partial charge on any atom is -0.419 e. The predicted molar refractivity (Wildman–Crippen MR) is 55.6 cm³/mol. The number of nitrogens with zero attached hydrogens (tertiary/aromatic N) is 1. The van der Waals surface area contributed by atoms with Crippen molar-refractivity contribution in [1.29, 1.82) is 5.26 Å². The molecule has 0 heterocycles. The van der Waals surface area contributed by atoms with Crippen LogP contribution in [-0.4, -0.2) is 0 Å². The molecule has 1 rings (SSSR count). The summed E-state index contributed by atoms with van der Waals surface area (Å²) in [6.07, 6.45) is 2.48. The summed E-state index contributed by atoms with van der Waals surface area (Å²) in [6, 6.07) is 6.22. The maximum atomic E-state index is 8.52. The van der Waals surface area contributed by atoms with E-state index in [9.17, 15) is 0 Å². The van der Waals surface area contributed by atoms with Gasteiger partial charge in [0.15, 0.2) is 0 Å². The van der Waals surface area contributed by atoms with Gasteiger partial charge in [-0.25, -0.2) is 0 Å². The highest BCUT2D eigenvalue weighted by Gasteiger charge is 2.12. The number of hydrogen-bond donors (Lipinski definition) is 0. The molecule has 0 saturated heterocycles. The minimum atomic E-state index is -0.0973. The fourth-order valence-corrected chi connectivity index (χ4v) is 1.54. The normalized spacial score (nSPS) is 11.9.